The van der Waals surface area contributed by atoms with Crippen LogP contribution in [0, 0.1) is 44.2 Å². The molecule has 0 aliphatic carbocycles. The molecule has 0 fully saturated rings. The van der Waals surface area contributed by atoms with Gasteiger partial charge in [-0.25, -0.2) is 0 Å². The van der Waals surface area contributed by atoms with Crippen LogP contribution in [0.3, 0.4) is 0 Å². The molecule has 2 N–H and O–H groups in total. The van der Waals surface area contributed by atoms with E-state index < -0.39 is 0 Å². The van der Waals surface area contributed by atoms with E-state index in [1.54, 1.807) is 24.8 Å². The molecule has 0 bridgehead atoms. The Bertz CT molecular complexity index is 4140. The zero-order valence-electron chi connectivity index (χ0n) is 52.0. The smallest absolute Gasteiger partial charge is 0.501 e. The molecule has 94 heavy (non-hydrogen) atoms. The van der Waals surface area contributed by atoms with Crippen molar-refractivity contribution >= 4 is 43.9 Å². The van der Waals surface area contributed by atoms with Crippen LogP contribution in [0.4, 0.5) is 0 Å². The summed E-state index contributed by atoms with van der Waals surface area (Å²) in [5, 5.41) is 18.5. The minimum atomic E-state index is 0. The van der Waals surface area contributed by atoms with Crippen molar-refractivity contribution < 1.29 is 59.3 Å². The van der Waals surface area contributed by atoms with E-state index >= 15 is 0 Å². The van der Waals surface area contributed by atoms with Crippen LogP contribution >= 0.6 is 0 Å². The maximum atomic E-state index is 7.00. The van der Waals surface area contributed by atoms with Crippen LogP contribution in [-0.2, 0) is 40.2 Å². The molecule has 12 heteroatoms. The molecule has 10 nitrogen and oxygen atoms in total. The second-order valence-corrected chi connectivity index (χ2v) is 19.9. The Morgan fingerprint density at radius 1 is 0.287 bits per heavy atom. The first-order chi connectivity index (χ1) is 45.5. The molecule has 0 atom stereocenters. The summed E-state index contributed by atoms with van der Waals surface area (Å²) >= 11 is 0. The largest absolute Gasteiger partial charge is 3.00 e. The van der Waals surface area contributed by atoms with Gasteiger partial charge in [-0.2, -0.15) is 0 Å². The maximum absolute atomic E-state index is 7.00. The fourth-order valence-electron chi connectivity index (χ4n) is 9.48. The summed E-state index contributed by atoms with van der Waals surface area (Å²) in [4.78, 5) is 25.8. The fourth-order valence-corrected chi connectivity index (χ4v) is 9.48. The summed E-state index contributed by atoms with van der Waals surface area (Å²) in [6.45, 7) is 4.13. The number of aliphatic hydroxyl groups excluding tert-OH is 2. The quantitative estimate of drug-likeness (QED) is 0.154. The third-order valence-corrected chi connectivity index (χ3v) is 13.7. The Balaban J connectivity index is 0.000000160. The monoisotopic (exact) mass is 1580 g/mol. The van der Waals surface area contributed by atoms with Crippen LogP contribution in [0.15, 0.2) is 319 Å². The van der Waals surface area contributed by atoms with E-state index in [9.17, 15) is 0 Å². The fraction of sp³-hybridized carbons (Fsp3) is 0.0488. The van der Waals surface area contributed by atoms with Gasteiger partial charge >= 0.3 is 20.1 Å². The third kappa shape index (κ3) is 19.7. The van der Waals surface area contributed by atoms with Gasteiger partial charge in [-0.1, -0.05) is 120 Å². The molecule has 8 aromatic heterocycles. The first-order valence-corrected chi connectivity index (χ1v) is 29.5. The number of aromatic nitrogens is 6. The third-order valence-electron chi connectivity index (χ3n) is 13.7. The average molecular weight is 1580 g/mol. The van der Waals surface area contributed by atoms with Crippen molar-refractivity contribution in [1.29, 1.82) is 0 Å². The van der Waals surface area contributed by atoms with Crippen molar-refractivity contribution in [3.05, 3.63) is 352 Å². The van der Waals surface area contributed by atoms with Crippen molar-refractivity contribution in [2.24, 2.45) is 0 Å². The second-order valence-electron chi connectivity index (χ2n) is 19.9. The van der Waals surface area contributed by atoms with Gasteiger partial charge in [-0.05, 0) is 109 Å². The number of pyridine rings is 6. The van der Waals surface area contributed by atoms with E-state index in [1.807, 2.05) is 243 Å². The zero-order valence-corrected chi connectivity index (χ0v) is 56.8. The molecule has 0 aliphatic heterocycles. The first kappa shape index (κ1) is 70.9. The standard InChI is InChI=1S/C18H13NO.C18H12NO.4C11H8N.2CH4O.2Ir/c2*1-12-9-10-19-16(11-12)15-7-4-6-14-13-5-2-3-8-17(13)20-18(14)15;4*1-2-6-10(7-3-1)11-8-4-5-9-12-11;2*1-2;;/h2-11H,1H3;2-6,8-11H,1H3;4*1-6,8-9H;2*2H,1H3;;/q;5*-1;;;;+3. The van der Waals surface area contributed by atoms with E-state index in [0.717, 1.165) is 126 Å². The minimum Gasteiger partial charge on any atom is -0.501 e. The molecule has 0 spiro atoms. The summed E-state index contributed by atoms with van der Waals surface area (Å²) in [6.07, 6.45) is 10.8. The number of furan rings is 2. The van der Waals surface area contributed by atoms with Gasteiger partial charge < -0.3 is 44.0 Å². The van der Waals surface area contributed by atoms with Crippen molar-refractivity contribution in [3.63, 3.8) is 0 Å². The van der Waals surface area contributed by atoms with Gasteiger partial charge in [0.15, 0.2) is 0 Å². The number of benzene rings is 8. The van der Waals surface area contributed by atoms with Gasteiger partial charge in [0.05, 0.1) is 11.3 Å². The number of aliphatic hydroxyl groups is 2. The van der Waals surface area contributed by atoms with Gasteiger partial charge in [0.1, 0.15) is 16.7 Å². The molecule has 0 aliphatic rings. The second kappa shape index (κ2) is 38.4. The summed E-state index contributed by atoms with van der Waals surface area (Å²) in [7, 11) is 2.00. The Labute approximate surface area is 576 Å². The molecular weight excluding hydrogens is 1520 g/mol. The van der Waals surface area contributed by atoms with E-state index in [2.05, 4.69) is 117 Å². The first-order valence-electron chi connectivity index (χ1n) is 29.5. The summed E-state index contributed by atoms with van der Waals surface area (Å²) in [6, 6.07) is 105. The molecule has 16 aromatic rings. The topological polar surface area (TPSA) is 144 Å². The Morgan fingerprint density at radius 3 is 1.01 bits per heavy atom. The number of aryl methyl sites for hydroxylation is 2. The minimum absolute atomic E-state index is 0. The van der Waals surface area contributed by atoms with Crippen molar-refractivity contribution in [2.75, 3.05) is 14.2 Å². The van der Waals surface area contributed by atoms with Crippen molar-refractivity contribution in [2.45, 2.75) is 13.8 Å². The van der Waals surface area contributed by atoms with Gasteiger partial charge in [0, 0.05) is 93.2 Å². The molecule has 8 heterocycles. The van der Waals surface area contributed by atoms with E-state index in [4.69, 9.17) is 19.0 Å². The normalized spacial score (nSPS) is 9.85. The van der Waals surface area contributed by atoms with Crippen LogP contribution in [0.25, 0.3) is 111 Å². The van der Waals surface area contributed by atoms with Crippen LogP contribution in [0.5, 0.6) is 0 Å². The van der Waals surface area contributed by atoms with Gasteiger partial charge in [-0.15, -0.1) is 162 Å². The number of nitrogens with zero attached hydrogens (tertiary/aromatic N) is 6. The van der Waals surface area contributed by atoms with Gasteiger partial charge in [0.2, 0.25) is 0 Å². The predicted octanol–water partition coefficient (Wildman–Crippen LogP) is 19.1. The van der Waals surface area contributed by atoms with Crippen LogP contribution in [0.2, 0.25) is 0 Å². The van der Waals surface area contributed by atoms with E-state index in [-0.39, 0.29) is 40.2 Å². The molecule has 467 valence electrons. The SMILES string of the molecule is CO.CO.Cc1ccnc(-c2[c-]ccc3c2oc2ccccc23)c1.Cc1ccnc(-c2cccc3c2oc2ccccc23)c1.[Ir+3].[Ir].[c-]1ccccc1-c1ccccn1.[c-]1ccccc1-c1ccccn1.[c-]1ccccc1-c1ccccn1.[c-]1ccccc1-c1ccccn1. The number of para-hydroxylation sites is 3. The molecule has 0 amide bonds. The van der Waals surface area contributed by atoms with E-state index in [0.29, 0.717) is 0 Å². The zero-order chi connectivity index (χ0) is 64.0. The summed E-state index contributed by atoms with van der Waals surface area (Å²) in [5.74, 6) is 0. The van der Waals surface area contributed by atoms with Gasteiger partial charge in [-0.3, -0.25) is 4.98 Å². The Kier molecular flexibility index (Phi) is 28.9. The summed E-state index contributed by atoms with van der Waals surface area (Å²) in [5.41, 5.74) is 17.8. The van der Waals surface area contributed by atoms with Crippen LogP contribution < -0.4 is 0 Å². The number of hydrogen-bond acceptors (Lipinski definition) is 10. The molecule has 0 saturated carbocycles. The molecule has 0 saturated heterocycles. The van der Waals surface area contributed by atoms with Crippen LogP contribution in [0.1, 0.15) is 11.1 Å². The number of fused-ring (bicyclic) bond motifs is 6. The van der Waals surface area contributed by atoms with E-state index in [1.165, 1.54) is 11.1 Å². The molecule has 0 unspecified atom stereocenters. The Hall–Kier alpha value is -10.5. The number of rotatable bonds is 6. The molecule has 8 aromatic carbocycles. The average Bonchev–Trinajstić information content (AvgIpc) is 1.64. The maximum Gasteiger partial charge on any atom is 3.00 e. The predicted molar refractivity (Wildman–Crippen MR) is 373 cm³/mol. The molecule has 16 rings (SSSR count). The number of hydrogen-bond donors (Lipinski definition) is 2. The Morgan fingerprint density at radius 2 is 0.628 bits per heavy atom. The van der Waals surface area contributed by atoms with Crippen molar-refractivity contribution in [3.8, 4) is 67.5 Å². The summed E-state index contributed by atoms with van der Waals surface area (Å²) < 4.78 is 12.0. The van der Waals surface area contributed by atoms with Crippen LogP contribution in [-0.4, -0.2) is 54.3 Å². The van der Waals surface area contributed by atoms with Crippen molar-refractivity contribution in [1.82, 2.24) is 29.9 Å². The van der Waals surface area contributed by atoms with Gasteiger partial charge in [0.25, 0.3) is 0 Å². The molecule has 1 radical (unpaired) electrons. The molecular formula is C82H65Ir2N6O4-2.